The van der Waals surface area contributed by atoms with Crippen LogP contribution in [-0.4, -0.2) is 24.7 Å². The van der Waals surface area contributed by atoms with Crippen LogP contribution in [0.4, 0.5) is 17.6 Å². The molecule has 24 heavy (non-hydrogen) atoms. The molecule has 0 aliphatic heterocycles. The smallest absolute Gasteiger partial charge is 0.134 e. The van der Waals surface area contributed by atoms with E-state index in [1.807, 2.05) is 13.8 Å². The van der Waals surface area contributed by atoms with Gasteiger partial charge in [0.15, 0.2) is 0 Å². The van der Waals surface area contributed by atoms with Crippen LogP contribution >= 0.6 is 0 Å². The maximum atomic E-state index is 14.2. The molecule has 0 aromatic carbocycles. The quantitative estimate of drug-likeness (QED) is 0.351. The largest absolute Gasteiger partial charge is 0.244 e. The van der Waals surface area contributed by atoms with E-state index in [-0.39, 0.29) is 35.5 Å². The van der Waals surface area contributed by atoms with Crippen LogP contribution in [-0.2, 0) is 0 Å². The van der Waals surface area contributed by atoms with Gasteiger partial charge < -0.3 is 0 Å². The molecule has 0 aromatic heterocycles. The van der Waals surface area contributed by atoms with Crippen molar-refractivity contribution in [3.05, 3.63) is 0 Å². The third kappa shape index (κ3) is 6.92. The lowest BCUT2D eigenvalue weighted by Crippen LogP contribution is -2.34. The first-order valence-corrected chi connectivity index (χ1v) is 9.47. The van der Waals surface area contributed by atoms with Crippen LogP contribution in [0.1, 0.15) is 68.2 Å². The van der Waals surface area contributed by atoms with Gasteiger partial charge in [-0.3, -0.25) is 0 Å². The molecule has 0 aliphatic carbocycles. The third-order valence-electron chi connectivity index (χ3n) is 5.76. The molecule has 4 heteroatoms. The van der Waals surface area contributed by atoms with Crippen LogP contribution in [0.5, 0.6) is 0 Å². The molecule has 0 fully saturated rings. The lowest BCUT2D eigenvalue weighted by atomic mass is 9.79. The number of rotatable bonds is 11. The second-order valence-corrected chi connectivity index (χ2v) is 8.52. The standard InChI is InChI=1S/C20H38F4/c1-11(2)17(21)19(23)15(7)13(5)9-10-14(6)16(8)20(24)18(22)12(3)4/h11-20H,9-10H2,1-8H3. The predicted molar refractivity (Wildman–Crippen MR) is 95.2 cm³/mol. The van der Waals surface area contributed by atoms with Crippen molar-refractivity contribution in [1.29, 1.82) is 0 Å². The van der Waals surface area contributed by atoms with Crippen LogP contribution in [0, 0.1) is 35.5 Å². The van der Waals surface area contributed by atoms with Gasteiger partial charge in [0.1, 0.15) is 24.7 Å². The molecule has 8 unspecified atom stereocenters. The van der Waals surface area contributed by atoms with Gasteiger partial charge in [0, 0.05) is 0 Å². The Morgan fingerprint density at radius 1 is 0.458 bits per heavy atom. The lowest BCUT2D eigenvalue weighted by Gasteiger charge is -2.30. The summed E-state index contributed by atoms with van der Waals surface area (Å²) in [5, 5.41) is 0. The highest BCUT2D eigenvalue weighted by molar-refractivity contribution is 4.82. The second-order valence-electron chi connectivity index (χ2n) is 8.52. The summed E-state index contributed by atoms with van der Waals surface area (Å²) in [5.74, 6) is -1.41. The van der Waals surface area contributed by atoms with Crippen molar-refractivity contribution in [1.82, 2.24) is 0 Å². The van der Waals surface area contributed by atoms with E-state index in [0.29, 0.717) is 12.8 Å². The molecule has 0 bridgehead atoms. The predicted octanol–water partition coefficient (Wildman–Crippen LogP) is 6.98. The molecule has 8 atom stereocenters. The molecule has 0 saturated carbocycles. The Morgan fingerprint density at radius 2 is 0.708 bits per heavy atom. The Hall–Kier alpha value is -0.280. The fraction of sp³-hybridized carbons (Fsp3) is 1.00. The minimum Gasteiger partial charge on any atom is -0.244 e. The molecular formula is C20H38F4. The molecule has 0 aromatic rings. The lowest BCUT2D eigenvalue weighted by molar-refractivity contribution is 0.0493. The maximum absolute atomic E-state index is 14.2. The molecule has 0 radical (unpaired) electrons. The summed E-state index contributed by atoms with van der Waals surface area (Å²) >= 11 is 0. The zero-order valence-electron chi connectivity index (χ0n) is 16.7. The van der Waals surface area contributed by atoms with Crippen LogP contribution in [0.15, 0.2) is 0 Å². The van der Waals surface area contributed by atoms with Crippen LogP contribution < -0.4 is 0 Å². The number of alkyl halides is 4. The molecule has 0 saturated heterocycles. The van der Waals surface area contributed by atoms with Crippen LogP contribution in [0.3, 0.4) is 0 Å². The molecule has 0 amide bonds. The molecule has 0 nitrogen and oxygen atoms in total. The highest BCUT2D eigenvalue weighted by Gasteiger charge is 2.34. The zero-order chi connectivity index (χ0) is 19.2. The molecule has 0 spiro atoms. The summed E-state index contributed by atoms with van der Waals surface area (Å²) in [5.41, 5.74) is 0. The fourth-order valence-electron chi connectivity index (χ4n) is 2.99. The molecule has 0 N–H and O–H groups in total. The zero-order valence-corrected chi connectivity index (χ0v) is 16.7. The topological polar surface area (TPSA) is 0 Å². The highest BCUT2D eigenvalue weighted by Crippen LogP contribution is 2.33. The van der Waals surface area contributed by atoms with E-state index >= 15 is 0 Å². The molecule has 0 rings (SSSR count). The first-order valence-electron chi connectivity index (χ1n) is 9.47. The van der Waals surface area contributed by atoms with Crippen molar-refractivity contribution in [3.8, 4) is 0 Å². The van der Waals surface area contributed by atoms with Crippen LogP contribution in [0.2, 0.25) is 0 Å². The van der Waals surface area contributed by atoms with Gasteiger partial charge in [0.05, 0.1) is 0 Å². The highest BCUT2D eigenvalue weighted by atomic mass is 19.2. The Kier molecular flexibility index (Phi) is 10.5. The average molecular weight is 355 g/mol. The summed E-state index contributed by atoms with van der Waals surface area (Å²) in [6, 6.07) is 0. The van der Waals surface area contributed by atoms with E-state index in [1.165, 1.54) is 0 Å². The summed E-state index contributed by atoms with van der Waals surface area (Å²) in [7, 11) is 0. The van der Waals surface area contributed by atoms with Crippen molar-refractivity contribution < 1.29 is 17.6 Å². The van der Waals surface area contributed by atoms with Gasteiger partial charge in [0.25, 0.3) is 0 Å². The summed E-state index contributed by atoms with van der Waals surface area (Å²) < 4.78 is 56.1. The van der Waals surface area contributed by atoms with Gasteiger partial charge in [-0.05, 0) is 35.5 Å². The van der Waals surface area contributed by atoms with E-state index in [4.69, 9.17) is 0 Å². The van der Waals surface area contributed by atoms with Gasteiger partial charge in [-0.25, -0.2) is 17.6 Å². The van der Waals surface area contributed by atoms with Gasteiger partial charge in [-0.15, -0.1) is 0 Å². The van der Waals surface area contributed by atoms with E-state index in [9.17, 15) is 17.6 Å². The Bertz CT molecular complexity index is 300. The molecule has 146 valence electrons. The van der Waals surface area contributed by atoms with Crippen molar-refractivity contribution in [2.24, 2.45) is 35.5 Å². The summed E-state index contributed by atoms with van der Waals surface area (Å²) in [6.45, 7) is 14.0. The van der Waals surface area contributed by atoms with Crippen molar-refractivity contribution >= 4 is 0 Å². The summed E-state index contributed by atoms with van der Waals surface area (Å²) in [6.07, 6.45) is -4.46. The third-order valence-corrected chi connectivity index (χ3v) is 5.76. The average Bonchev–Trinajstić information content (AvgIpc) is 2.54. The fourth-order valence-corrected chi connectivity index (χ4v) is 2.99. The number of halogens is 4. The van der Waals surface area contributed by atoms with Gasteiger partial charge in [-0.2, -0.15) is 0 Å². The van der Waals surface area contributed by atoms with Crippen LogP contribution in [0.25, 0.3) is 0 Å². The monoisotopic (exact) mass is 354 g/mol. The van der Waals surface area contributed by atoms with E-state index in [1.54, 1.807) is 41.5 Å². The maximum Gasteiger partial charge on any atom is 0.134 e. The SMILES string of the molecule is CC(C)C(F)C(F)C(C)C(C)CCC(C)C(C)C(F)C(F)C(C)C. The van der Waals surface area contributed by atoms with E-state index in [2.05, 4.69) is 0 Å². The van der Waals surface area contributed by atoms with E-state index in [0.717, 1.165) is 0 Å². The Labute approximate surface area is 146 Å². The number of hydrogen-bond donors (Lipinski definition) is 0. The number of hydrogen-bond acceptors (Lipinski definition) is 0. The van der Waals surface area contributed by atoms with Crippen molar-refractivity contribution in [2.45, 2.75) is 92.9 Å². The van der Waals surface area contributed by atoms with Gasteiger partial charge >= 0.3 is 0 Å². The van der Waals surface area contributed by atoms with Gasteiger partial charge in [0.2, 0.25) is 0 Å². The Balaban J connectivity index is 4.50. The summed E-state index contributed by atoms with van der Waals surface area (Å²) in [4.78, 5) is 0. The molecular weight excluding hydrogens is 316 g/mol. The Morgan fingerprint density at radius 3 is 0.917 bits per heavy atom. The first kappa shape index (κ1) is 23.7. The first-order chi connectivity index (χ1) is 10.9. The molecule has 0 aliphatic rings. The molecule has 0 heterocycles. The minimum absolute atomic E-state index is 0.0102. The minimum atomic E-state index is -1.47. The van der Waals surface area contributed by atoms with Crippen molar-refractivity contribution in [2.75, 3.05) is 0 Å². The second kappa shape index (κ2) is 10.7. The van der Waals surface area contributed by atoms with Crippen molar-refractivity contribution in [3.63, 3.8) is 0 Å². The van der Waals surface area contributed by atoms with Gasteiger partial charge in [-0.1, -0.05) is 68.2 Å². The van der Waals surface area contributed by atoms with E-state index < -0.39 is 24.7 Å². The normalized spacial score (nSPS) is 22.8.